The molecule has 0 aromatic heterocycles. The van der Waals surface area contributed by atoms with E-state index >= 15 is 0 Å². The molecule has 1 aliphatic heterocycles. The average molecular weight is 240 g/mol. The summed E-state index contributed by atoms with van der Waals surface area (Å²) in [5, 5.41) is 18.6. The minimum absolute atomic E-state index is 0.135. The lowest BCUT2D eigenvalue weighted by atomic mass is 10.2. The van der Waals surface area contributed by atoms with Gasteiger partial charge in [-0.2, -0.15) is 0 Å². The molecule has 1 fully saturated rings. The van der Waals surface area contributed by atoms with E-state index in [0.717, 1.165) is 0 Å². The quantitative estimate of drug-likeness (QED) is 0.767. The molecule has 0 saturated carbocycles. The Morgan fingerprint density at radius 2 is 2.12 bits per heavy atom. The topological polar surface area (TPSA) is 68.2 Å². The lowest BCUT2D eigenvalue weighted by Crippen LogP contribution is -2.34. The largest absolute Gasteiger partial charge is 0.491 e. The van der Waals surface area contributed by atoms with Crippen LogP contribution in [0.4, 0.5) is 0 Å². The maximum atomic E-state index is 9.81. The summed E-state index contributed by atoms with van der Waals surface area (Å²) < 4.78 is 15.8. The van der Waals surface area contributed by atoms with Gasteiger partial charge in [-0.3, -0.25) is 0 Å². The van der Waals surface area contributed by atoms with Crippen LogP contribution in [0.1, 0.15) is 0 Å². The van der Waals surface area contributed by atoms with E-state index in [1.807, 2.05) is 30.3 Å². The Morgan fingerprint density at radius 1 is 1.35 bits per heavy atom. The summed E-state index contributed by atoms with van der Waals surface area (Å²) in [5.74, 6) is 0.698. The molecule has 0 aliphatic carbocycles. The van der Waals surface area contributed by atoms with Crippen LogP contribution < -0.4 is 4.74 Å². The summed E-state index contributed by atoms with van der Waals surface area (Å²) in [6, 6.07) is 9.24. The van der Waals surface area contributed by atoms with Gasteiger partial charge in [0.2, 0.25) is 0 Å². The molecule has 1 aromatic rings. The van der Waals surface area contributed by atoms with Crippen molar-refractivity contribution in [3.05, 3.63) is 30.3 Å². The molecule has 2 rings (SSSR count). The van der Waals surface area contributed by atoms with Gasteiger partial charge in [-0.15, -0.1) is 0 Å². The molecular weight excluding hydrogens is 224 g/mol. The summed E-state index contributed by atoms with van der Waals surface area (Å²) in [7, 11) is 0. The van der Waals surface area contributed by atoms with Crippen molar-refractivity contribution in [1.29, 1.82) is 0 Å². The smallest absolute Gasteiger partial charge is 0.181 e. The first-order chi connectivity index (χ1) is 8.29. The Morgan fingerprint density at radius 3 is 2.76 bits per heavy atom. The van der Waals surface area contributed by atoms with Crippen molar-refractivity contribution in [2.75, 3.05) is 19.8 Å². The van der Waals surface area contributed by atoms with Crippen LogP contribution in [0.25, 0.3) is 0 Å². The zero-order chi connectivity index (χ0) is 12.1. The van der Waals surface area contributed by atoms with Crippen molar-refractivity contribution in [1.82, 2.24) is 0 Å². The summed E-state index contributed by atoms with van der Waals surface area (Å²) in [6.45, 7) is 0.198. The van der Waals surface area contributed by atoms with Crippen LogP contribution in [-0.2, 0) is 9.47 Å². The molecule has 94 valence electrons. The Kier molecular flexibility index (Phi) is 4.33. The second kappa shape index (κ2) is 5.97. The van der Waals surface area contributed by atoms with Crippen molar-refractivity contribution >= 4 is 0 Å². The molecule has 17 heavy (non-hydrogen) atoms. The molecule has 5 nitrogen and oxygen atoms in total. The molecule has 3 atom stereocenters. The number of hydrogen-bond acceptors (Lipinski definition) is 5. The molecule has 5 heteroatoms. The van der Waals surface area contributed by atoms with E-state index in [-0.39, 0.29) is 19.8 Å². The molecule has 0 spiro atoms. The Bertz CT molecular complexity index is 329. The van der Waals surface area contributed by atoms with Crippen molar-refractivity contribution in [2.24, 2.45) is 0 Å². The highest BCUT2D eigenvalue weighted by Gasteiger charge is 2.31. The molecule has 0 amide bonds. The van der Waals surface area contributed by atoms with Gasteiger partial charge < -0.3 is 24.4 Å². The molecule has 1 saturated heterocycles. The van der Waals surface area contributed by atoms with E-state index in [4.69, 9.17) is 19.3 Å². The number of hydrogen-bond donors (Lipinski definition) is 2. The third-order valence-corrected chi connectivity index (χ3v) is 2.52. The first kappa shape index (κ1) is 12.3. The van der Waals surface area contributed by atoms with Gasteiger partial charge in [-0.1, -0.05) is 18.2 Å². The van der Waals surface area contributed by atoms with E-state index in [2.05, 4.69) is 0 Å². The second-order valence-corrected chi connectivity index (χ2v) is 3.81. The van der Waals surface area contributed by atoms with E-state index in [1.165, 1.54) is 0 Å². The number of para-hydroxylation sites is 1. The van der Waals surface area contributed by atoms with Crippen LogP contribution in [0.15, 0.2) is 30.3 Å². The summed E-state index contributed by atoms with van der Waals surface area (Å²) in [4.78, 5) is 0. The molecule has 1 heterocycles. The lowest BCUT2D eigenvalue weighted by molar-refractivity contribution is -0.108. The maximum Gasteiger partial charge on any atom is 0.181 e. The molecule has 1 aliphatic rings. The SMILES string of the molecule is OC[C@@H]1OC[C@H](C(O)COc2ccccc2)O1. The van der Waals surface area contributed by atoms with Crippen LogP contribution in [0.2, 0.25) is 0 Å². The number of ether oxygens (including phenoxy) is 3. The van der Waals surface area contributed by atoms with Crippen LogP contribution >= 0.6 is 0 Å². The maximum absolute atomic E-state index is 9.81. The zero-order valence-electron chi connectivity index (χ0n) is 9.36. The minimum Gasteiger partial charge on any atom is -0.491 e. The summed E-state index contributed by atoms with van der Waals surface area (Å²) in [6.07, 6.45) is -1.85. The first-order valence-corrected chi connectivity index (χ1v) is 5.53. The molecule has 0 bridgehead atoms. The Balaban J connectivity index is 1.76. The van der Waals surface area contributed by atoms with Crippen LogP contribution in [-0.4, -0.2) is 48.5 Å². The van der Waals surface area contributed by atoms with Gasteiger partial charge in [0.15, 0.2) is 6.29 Å². The minimum atomic E-state index is -0.772. The van der Waals surface area contributed by atoms with E-state index in [1.54, 1.807) is 0 Å². The van der Waals surface area contributed by atoms with E-state index < -0.39 is 18.5 Å². The van der Waals surface area contributed by atoms with Crippen LogP contribution in [0.5, 0.6) is 5.75 Å². The van der Waals surface area contributed by atoms with Crippen LogP contribution in [0.3, 0.4) is 0 Å². The van der Waals surface area contributed by atoms with Gasteiger partial charge in [-0.05, 0) is 12.1 Å². The predicted molar refractivity (Wildman–Crippen MR) is 59.6 cm³/mol. The lowest BCUT2D eigenvalue weighted by Gasteiger charge is -2.17. The molecule has 1 aromatic carbocycles. The number of aliphatic hydroxyl groups excluding tert-OH is 2. The fraction of sp³-hybridized carbons (Fsp3) is 0.500. The van der Waals surface area contributed by atoms with Gasteiger partial charge >= 0.3 is 0 Å². The molecular formula is C12H16O5. The van der Waals surface area contributed by atoms with Crippen molar-refractivity contribution in [3.63, 3.8) is 0 Å². The summed E-state index contributed by atoms with van der Waals surface area (Å²) >= 11 is 0. The predicted octanol–water partition coefficient (Wildman–Crippen LogP) is 0.160. The fourth-order valence-corrected chi connectivity index (χ4v) is 1.58. The standard InChI is InChI=1S/C12H16O5/c13-6-12-16-8-11(17-12)10(14)7-15-9-4-2-1-3-5-9/h1-5,10-14H,6-8H2/t10?,11-,12-/m1/s1. The van der Waals surface area contributed by atoms with Crippen LogP contribution in [0, 0.1) is 0 Å². The number of benzene rings is 1. The highest BCUT2D eigenvalue weighted by Crippen LogP contribution is 2.16. The normalized spacial score (nSPS) is 25.8. The summed E-state index contributed by atoms with van der Waals surface area (Å²) in [5.41, 5.74) is 0. The average Bonchev–Trinajstić information content (AvgIpc) is 2.86. The second-order valence-electron chi connectivity index (χ2n) is 3.81. The Labute approximate surface area is 99.5 Å². The molecule has 2 N–H and O–H groups in total. The van der Waals surface area contributed by atoms with Gasteiger partial charge in [0.1, 0.15) is 24.6 Å². The number of aliphatic hydroxyl groups is 2. The third kappa shape index (κ3) is 3.41. The third-order valence-electron chi connectivity index (χ3n) is 2.52. The van der Waals surface area contributed by atoms with Crippen molar-refractivity contribution < 1.29 is 24.4 Å². The molecule has 0 radical (unpaired) electrons. The van der Waals surface area contributed by atoms with Gasteiger partial charge in [0.05, 0.1) is 13.2 Å². The van der Waals surface area contributed by atoms with Gasteiger partial charge in [-0.25, -0.2) is 0 Å². The highest BCUT2D eigenvalue weighted by molar-refractivity contribution is 5.20. The zero-order valence-corrected chi connectivity index (χ0v) is 9.36. The number of rotatable bonds is 5. The van der Waals surface area contributed by atoms with E-state index in [0.29, 0.717) is 5.75 Å². The van der Waals surface area contributed by atoms with Gasteiger partial charge in [0.25, 0.3) is 0 Å². The Hall–Kier alpha value is -1.14. The van der Waals surface area contributed by atoms with Crippen molar-refractivity contribution in [3.8, 4) is 5.75 Å². The monoisotopic (exact) mass is 240 g/mol. The van der Waals surface area contributed by atoms with Crippen molar-refractivity contribution in [2.45, 2.75) is 18.5 Å². The first-order valence-electron chi connectivity index (χ1n) is 5.53. The van der Waals surface area contributed by atoms with E-state index in [9.17, 15) is 5.11 Å². The highest BCUT2D eigenvalue weighted by atomic mass is 16.7. The molecule has 1 unspecified atom stereocenters. The van der Waals surface area contributed by atoms with Gasteiger partial charge in [0, 0.05) is 0 Å². The fourth-order valence-electron chi connectivity index (χ4n) is 1.58.